The number of ether oxygens (including phenoxy) is 1. The average Bonchev–Trinajstić information content (AvgIpc) is 2.32. The van der Waals surface area contributed by atoms with Crippen LogP contribution in [0, 0.1) is 0 Å². The Morgan fingerprint density at radius 3 is 2.65 bits per heavy atom. The van der Waals surface area contributed by atoms with Gasteiger partial charge in [0.15, 0.2) is 0 Å². The molecule has 0 unspecified atom stereocenters. The van der Waals surface area contributed by atoms with Gasteiger partial charge in [0.1, 0.15) is 5.75 Å². The SMILES string of the molecule is CCCCOc1ccc(CC(=O)N=C=O)cc1. The first-order valence-electron chi connectivity index (χ1n) is 5.58. The maximum absolute atomic E-state index is 11.0. The molecule has 0 aliphatic heterocycles. The molecule has 1 aromatic rings. The number of carbonyl (C=O) groups is 1. The fourth-order valence-electron chi connectivity index (χ4n) is 1.30. The minimum Gasteiger partial charge on any atom is -0.494 e. The number of carbonyl (C=O) groups excluding carboxylic acids is 2. The second-order valence-corrected chi connectivity index (χ2v) is 3.62. The zero-order valence-corrected chi connectivity index (χ0v) is 9.81. The summed E-state index contributed by atoms with van der Waals surface area (Å²) in [7, 11) is 0. The summed E-state index contributed by atoms with van der Waals surface area (Å²) in [5, 5.41) is 0. The molecule has 0 aliphatic rings. The summed E-state index contributed by atoms with van der Waals surface area (Å²) in [6.07, 6.45) is 3.47. The molecule has 17 heavy (non-hydrogen) atoms. The van der Waals surface area contributed by atoms with Gasteiger partial charge in [-0.15, -0.1) is 4.99 Å². The minimum atomic E-state index is -0.486. The van der Waals surface area contributed by atoms with Crippen LogP contribution in [0.2, 0.25) is 0 Å². The van der Waals surface area contributed by atoms with E-state index in [-0.39, 0.29) is 6.42 Å². The quantitative estimate of drug-likeness (QED) is 0.430. The predicted molar refractivity (Wildman–Crippen MR) is 63.7 cm³/mol. The third-order valence-electron chi connectivity index (χ3n) is 2.22. The van der Waals surface area contributed by atoms with E-state index in [4.69, 9.17) is 4.74 Å². The number of hydrogen-bond acceptors (Lipinski definition) is 3. The highest BCUT2D eigenvalue weighted by atomic mass is 16.5. The Morgan fingerprint density at radius 2 is 2.06 bits per heavy atom. The van der Waals surface area contributed by atoms with Crippen molar-refractivity contribution in [3.63, 3.8) is 0 Å². The molecule has 0 fully saturated rings. The number of aliphatic imine (C=N–C) groups is 1. The molecule has 4 heteroatoms. The lowest BCUT2D eigenvalue weighted by molar-refractivity contribution is -0.117. The zero-order valence-electron chi connectivity index (χ0n) is 9.81. The van der Waals surface area contributed by atoms with Crippen molar-refractivity contribution in [2.75, 3.05) is 6.61 Å². The van der Waals surface area contributed by atoms with Crippen LogP contribution in [0.3, 0.4) is 0 Å². The molecule has 1 rings (SSSR count). The summed E-state index contributed by atoms with van der Waals surface area (Å²) in [4.78, 5) is 23.9. The second kappa shape index (κ2) is 7.36. The van der Waals surface area contributed by atoms with Crippen molar-refractivity contribution in [1.82, 2.24) is 0 Å². The molecule has 0 spiro atoms. The topological polar surface area (TPSA) is 55.7 Å². The Balaban J connectivity index is 2.49. The zero-order chi connectivity index (χ0) is 12.5. The van der Waals surface area contributed by atoms with Gasteiger partial charge < -0.3 is 4.74 Å². The lowest BCUT2D eigenvalue weighted by Crippen LogP contribution is -1.99. The largest absolute Gasteiger partial charge is 0.494 e. The van der Waals surface area contributed by atoms with Gasteiger partial charge in [0.2, 0.25) is 6.08 Å². The van der Waals surface area contributed by atoms with Crippen LogP contribution < -0.4 is 4.74 Å². The number of benzene rings is 1. The second-order valence-electron chi connectivity index (χ2n) is 3.62. The summed E-state index contributed by atoms with van der Waals surface area (Å²) in [5.74, 6) is 0.299. The van der Waals surface area contributed by atoms with Crippen LogP contribution in [-0.4, -0.2) is 18.6 Å². The van der Waals surface area contributed by atoms with Crippen LogP contribution in [0.25, 0.3) is 0 Å². The van der Waals surface area contributed by atoms with Crippen molar-refractivity contribution in [3.05, 3.63) is 29.8 Å². The van der Waals surface area contributed by atoms with Gasteiger partial charge in [0.25, 0.3) is 5.91 Å². The van der Waals surface area contributed by atoms with Gasteiger partial charge in [0, 0.05) is 0 Å². The molecular formula is C13H15NO3. The Kier molecular flexibility index (Phi) is 5.69. The lowest BCUT2D eigenvalue weighted by Gasteiger charge is -2.05. The Labute approximate surface area is 100 Å². The number of hydrogen-bond donors (Lipinski definition) is 0. The Bertz CT molecular complexity index is 405. The molecule has 4 nitrogen and oxygen atoms in total. The normalized spacial score (nSPS) is 9.47. The molecular weight excluding hydrogens is 218 g/mol. The summed E-state index contributed by atoms with van der Waals surface area (Å²) >= 11 is 0. The molecule has 1 amide bonds. The molecule has 0 N–H and O–H groups in total. The van der Waals surface area contributed by atoms with Crippen LogP contribution in [0.1, 0.15) is 25.3 Å². The molecule has 0 aromatic heterocycles. The van der Waals surface area contributed by atoms with Crippen molar-refractivity contribution in [2.24, 2.45) is 4.99 Å². The molecule has 90 valence electrons. The van der Waals surface area contributed by atoms with Gasteiger partial charge in [0.05, 0.1) is 13.0 Å². The van der Waals surface area contributed by atoms with Crippen molar-refractivity contribution in [2.45, 2.75) is 26.2 Å². The van der Waals surface area contributed by atoms with Crippen molar-refractivity contribution in [3.8, 4) is 5.75 Å². The first-order chi connectivity index (χ1) is 8.26. The van der Waals surface area contributed by atoms with E-state index in [2.05, 4.69) is 11.9 Å². The average molecular weight is 233 g/mol. The van der Waals surface area contributed by atoms with E-state index in [1.807, 2.05) is 12.1 Å². The van der Waals surface area contributed by atoms with Gasteiger partial charge in [-0.3, -0.25) is 4.79 Å². The van der Waals surface area contributed by atoms with Gasteiger partial charge in [-0.1, -0.05) is 25.5 Å². The molecule has 0 radical (unpaired) electrons. The summed E-state index contributed by atoms with van der Waals surface area (Å²) in [5.41, 5.74) is 0.803. The van der Waals surface area contributed by atoms with E-state index < -0.39 is 5.91 Å². The van der Waals surface area contributed by atoms with Crippen LogP contribution in [0.5, 0.6) is 5.75 Å². The van der Waals surface area contributed by atoms with Crippen LogP contribution in [0.15, 0.2) is 29.3 Å². The molecule has 0 saturated heterocycles. The predicted octanol–water partition coefficient (Wildman–Crippen LogP) is 2.27. The lowest BCUT2D eigenvalue weighted by atomic mass is 10.1. The molecule has 0 heterocycles. The van der Waals surface area contributed by atoms with Gasteiger partial charge in [-0.25, -0.2) is 4.79 Å². The van der Waals surface area contributed by atoms with Crippen LogP contribution in [0.4, 0.5) is 0 Å². The van der Waals surface area contributed by atoms with Crippen LogP contribution >= 0.6 is 0 Å². The minimum absolute atomic E-state index is 0.116. The fraction of sp³-hybridized carbons (Fsp3) is 0.385. The van der Waals surface area contributed by atoms with E-state index in [0.717, 1.165) is 24.2 Å². The third kappa shape index (κ3) is 5.09. The Morgan fingerprint density at radius 1 is 1.35 bits per heavy atom. The maximum Gasteiger partial charge on any atom is 0.260 e. The summed E-state index contributed by atoms with van der Waals surface area (Å²) in [6.45, 7) is 2.80. The van der Waals surface area contributed by atoms with Crippen molar-refractivity contribution < 1.29 is 14.3 Å². The number of unbranched alkanes of at least 4 members (excludes halogenated alkanes) is 1. The highest BCUT2D eigenvalue weighted by molar-refractivity contribution is 5.83. The molecule has 0 bridgehead atoms. The first-order valence-corrected chi connectivity index (χ1v) is 5.58. The Hall–Kier alpha value is -1.93. The highest BCUT2D eigenvalue weighted by Gasteiger charge is 2.01. The number of amides is 1. The fourth-order valence-corrected chi connectivity index (χ4v) is 1.30. The van der Waals surface area contributed by atoms with Gasteiger partial charge >= 0.3 is 0 Å². The van der Waals surface area contributed by atoms with Crippen molar-refractivity contribution >= 4 is 12.0 Å². The van der Waals surface area contributed by atoms with E-state index in [1.54, 1.807) is 12.1 Å². The number of isocyanates is 1. The molecule has 0 atom stereocenters. The van der Waals surface area contributed by atoms with Crippen molar-refractivity contribution in [1.29, 1.82) is 0 Å². The van der Waals surface area contributed by atoms with E-state index in [1.165, 1.54) is 6.08 Å². The van der Waals surface area contributed by atoms with E-state index >= 15 is 0 Å². The first kappa shape index (κ1) is 13.1. The highest BCUT2D eigenvalue weighted by Crippen LogP contribution is 2.13. The van der Waals surface area contributed by atoms with Gasteiger partial charge in [-0.2, -0.15) is 0 Å². The summed E-state index contributed by atoms with van der Waals surface area (Å²) in [6, 6.07) is 7.20. The van der Waals surface area contributed by atoms with E-state index in [0.29, 0.717) is 6.61 Å². The monoisotopic (exact) mass is 233 g/mol. The number of rotatable bonds is 6. The van der Waals surface area contributed by atoms with Crippen LogP contribution in [-0.2, 0) is 16.0 Å². The smallest absolute Gasteiger partial charge is 0.260 e. The number of nitrogens with zero attached hydrogens (tertiary/aromatic N) is 1. The molecule has 0 saturated carbocycles. The third-order valence-corrected chi connectivity index (χ3v) is 2.22. The summed E-state index contributed by atoms with van der Waals surface area (Å²) < 4.78 is 5.48. The standard InChI is InChI=1S/C13H15NO3/c1-2-3-8-17-12-6-4-11(5-7-12)9-13(16)14-10-15/h4-7H,2-3,8-9H2,1H3. The molecule has 1 aromatic carbocycles. The molecule has 0 aliphatic carbocycles. The van der Waals surface area contributed by atoms with E-state index in [9.17, 15) is 9.59 Å². The maximum atomic E-state index is 11.0. The van der Waals surface area contributed by atoms with Gasteiger partial charge in [-0.05, 0) is 24.1 Å².